The van der Waals surface area contributed by atoms with E-state index >= 15 is 0 Å². The number of nitrogens with zero attached hydrogens (tertiary/aromatic N) is 1. The highest BCUT2D eigenvalue weighted by molar-refractivity contribution is 5.66. The van der Waals surface area contributed by atoms with Gasteiger partial charge in [0.1, 0.15) is 5.82 Å². The van der Waals surface area contributed by atoms with Gasteiger partial charge in [0.15, 0.2) is 0 Å². The Morgan fingerprint density at radius 1 is 1.11 bits per heavy atom. The van der Waals surface area contributed by atoms with Crippen LogP contribution in [0.15, 0.2) is 36.4 Å². The molecule has 0 aliphatic rings. The van der Waals surface area contributed by atoms with Gasteiger partial charge in [0.25, 0.3) is 0 Å². The number of aryl methyl sites for hydroxylation is 2. The third-order valence-electron chi connectivity index (χ3n) is 3.28. The van der Waals surface area contributed by atoms with E-state index in [9.17, 15) is 4.39 Å². The van der Waals surface area contributed by atoms with Crippen molar-refractivity contribution in [3.8, 4) is 0 Å². The standard InChI is InChI=1S/C16H19FN2/c1-11-4-5-16(12(2)6-11)19(3)15-8-13(10-18)7-14(17)9-15/h4-9H,10,18H2,1-3H3. The molecule has 19 heavy (non-hydrogen) atoms. The van der Waals surface area contributed by atoms with E-state index in [-0.39, 0.29) is 5.82 Å². The van der Waals surface area contributed by atoms with Gasteiger partial charge in [-0.25, -0.2) is 4.39 Å². The van der Waals surface area contributed by atoms with Crippen LogP contribution in [0.4, 0.5) is 15.8 Å². The second-order valence-corrected chi connectivity index (χ2v) is 4.87. The van der Waals surface area contributed by atoms with Crippen molar-refractivity contribution in [1.29, 1.82) is 0 Å². The minimum Gasteiger partial charge on any atom is -0.344 e. The third-order valence-corrected chi connectivity index (χ3v) is 3.28. The summed E-state index contributed by atoms with van der Waals surface area (Å²) >= 11 is 0. The van der Waals surface area contributed by atoms with Gasteiger partial charge in [0.2, 0.25) is 0 Å². The zero-order chi connectivity index (χ0) is 14.0. The van der Waals surface area contributed by atoms with E-state index < -0.39 is 0 Å². The van der Waals surface area contributed by atoms with Crippen LogP contribution in [0.3, 0.4) is 0 Å². The first-order chi connectivity index (χ1) is 9.01. The lowest BCUT2D eigenvalue weighted by atomic mass is 10.1. The van der Waals surface area contributed by atoms with E-state index in [0.29, 0.717) is 6.54 Å². The molecular weight excluding hydrogens is 239 g/mol. The summed E-state index contributed by atoms with van der Waals surface area (Å²) in [5, 5.41) is 0. The highest BCUT2D eigenvalue weighted by atomic mass is 19.1. The van der Waals surface area contributed by atoms with Crippen LogP contribution in [-0.4, -0.2) is 7.05 Å². The number of anilines is 2. The van der Waals surface area contributed by atoms with E-state index in [1.165, 1.54) is 23.3 Å². The van der Waals surface area contributed by atoms with Gasteiger partial charge in [-0.2, -0.15) is 0 Å². The first kappa shape index (κ1) is 13.6. The largest absolute Gasteiger partial charge is 0.344 e. The van der Waals surface area contributed by atoms with Crippen LogP contribution >= 0.6 is 0 Å². The molecule has 0 radical (unpaired) electrons. The molecule has 3 heteroatoms. The molecule has 0 aliphatic carbocycles. The molecule has 0 aromatic heterocycles. The van der Waals surface area contributed by atoms with Crippen LogP contribution in [-0.2, 0) is 6.54 Å². The predicted octanol–water partition coefficient (Wildman–Crippen LogP) is 3.67. The molecule has 0 aliphatic heterocycles. The molecule has 0 atom stereocenters. The van der Waals surface area contributed by atoms with Gasteiger partial charge in [-0.1, -0.05) is 17.7 Å². The fourth-order valence-corrected chi connectivity index (χ4v) is 2.27. The van der Waals surface area contributed by atoms with Crippen molar-refractivity contribution in [2.24, 2.45) is 5.73 Å². The zero-order valence-electron chi connectivity index (χ0n) is 11.6. The van der Waals surface area contributed by atoms with E-state index in [1.807, 2.05) is 18.0 Å². The maximum atomic E-state index is 13.6. The van der Waals surface area contributed by atoms with Gasteiger partial charge < -0.3 is 10.6 Å². The van der Waals surface area contributed by atoms with Crippen molar-refractivity contribution in [2.75, 3.05) is 11.9 Å². The van der Waals surface area contributed by atoms with Crippen molar-refractivity contribution in [1.82, 2.24) is 0 Å². The molecule has 0 unspecified atom stereocenters. The Bertz CT molecular complexity index is 593. The maximum absolute atomic E-state index is 13.6. The molecule has 2 aromatic carbocycles. The highest BCUT2D eigenvalue weighted by Crippen LogP contribution is 2.28. The van der Waals surface area contributed by atoms with Crippen LogP contribution in [0.25, 0.3) is 0 Å². The van der Waals surface area contributed by atoms with E-state index in [0.717, 1.165) is 16.9 Å². The van der Waals surface area contributed by atoms with Crippen LogP contribution in [0, 0.1) is 19.7 Å². The maximum Gasteiger partial charge on any atom is 0.125 e. The summed E-state index contributed by atoms with van der Waals surface area (Å²) in [6, 6.07) is 11.1. The average molecular weight is 258 g/mol. The zero-order valence-corrected chi connectivity index (χ0v) is 11.6. The molecule has 0 heterocycles. The Labute approximate surface area is 113 Å². The van der Waals surface area contributed by atoms with Crippen molar-refractivity contribution in [2.45, 2.75) is 20.4 Å². The molecule has 0 spiro atoms. The minimum absolute atomic E-state index is 0.255. The first-order valence-corrected chi connectivity index (χ1v) is 6.32. The van der Waals surface area contributed by atoms with Crippen molar-refractivity contribution >= 4 is 11.4 Å². The Morgan fingerprint density at radius 2 is 1.84 bits per heavy atom. The van der Waals surface area contributed by atoms with Gasteiger partial charge in [0, 0.05) is 25.0 Å². The summed E-state index contributed by atoms with van der Waals surface area (Å²) in [6.45, 7) is 4.46. The van der Waals surface area contributed by atoms with Crippen molar-refractivity contribution < 1.29 is 4.39 Å². The first-order valence-electron chi connectivity index (χ1n) is 6.32. The minimum atomic E-state index is -0.255. The average Bonchev–Trinajstić information content (AvgIpc) is 2.37. The van der Waals surface area contributed by atoms with Gasteiger partial charge in [-0.15, -0.1) is 0 Å². The molecule has 0 saturated heterocycles. The normalized spacial score (nSPS) is 10.6. The summed E-state index contributed by atoms with van der Waals surface area (Å²) in [6.07, 6.45) is 0. The molecule has 2 N–H and O–H groups in total. The Balaban J connectivity index is 2.43. The van der Waals surface area contributed by atoms with Crippen molar-refractivity contribution in [3.63, 3.8) is 0 Å². The monoisotopic (exact) mass is 258 g/mol. The van der Waals surface area contributed by atoms with Gasteiger partial charge >= 0.3 is 0 Å². The molecule has 2 nitrogen and oxygen atoms in total. The molecule has 2 rings (SSSR count). The number of rotatable bonds is 3. The second-order valence-electron chi connectivity index (χ2n) is 4.87. The summed E-state index contributed by atoms with van der Waals surface area (Å²) < 4.78 is 13.6. The lowest BCUT2D eigenvalue weighted by Crippen LogP contribution is -2.12. The number of hydrogen-bond acceptors (Lipinski definition) is 2. The Kier molecular flexibility index (Phi) is 3.86. The quantitative estimate of drug-likeness (QED) is 0.910. The van der Waals surface area contributed by atoms with E-state index in [1.54, 1.807) is 0 Å². The van der Waals surface area contributed by atoms with Crippen molar-refractivity contribution in [3.05, 3.63) is 58.9 Å². The van der Waals surface area contributed by atoms with E-state index in [4.69, 9.17) is 5.73 Å². The highest BCUT2D eigenvalue weighted by Gasteiger charge is 2.09. The summed E-state index contributed by atoms with van der Waals surface area (Å²) in [7, 11) is 1.94. The summed E-state index contributed by atoms with van der Waals surface area (Å²) in [5.74, 6) is -0.255. The van der Waals surface area contributed by atoms with E-state index in [2.05, 4.69) is 32.0 Å². The molecule has 0 fully saturated rings. The van der Waals surface area contributed by atoms with Gasteiger partial charge in [-0.05, 0) is 49.2 Å². The molecule has 100 valence electrons. The number of hydrogen-bond donors (Lipinski definition) is 1. The van der Waals surface area contributed by atoms with Gasteiger partial charge in [-0.3, -0.25) is 0 Å². The predicted molar refractivity (Wildman–Crippen MR) is 78.3 cm³/mol. The second kappa shape index (κ2) is 5.41. The Morgan fingerprint density at radius 3 is 2.47 bits per heavy atom. The lowest BCUT2D eigenvalue weighted by Gasteiger charge is -2.22. The fourth-order valence-electron chi connectivity index (χ4n) is 2.27. The summed E-state index contributed by atoms with van der Waals surface area (Å²) in [4.78, 5) is 1.98. The SMILES string of the molecule is Cc1ccc(N(C)c2cc(F)cc(CN)c2)c(C)c1. The topological polar surface area (TPSA) is 29.3 Å². The fraction of sp³-hybridized carbons (Fsp3) is 0.250. The number of nitrogens with two attached hydrogens (primary N) is 1. The van der Waals surface area contributed by atoms with Crippen LogP contribution in [0.2, 0.25) is 0 Å². The number of benzene rings is 2. The summed E-state index contributed by atoms with van der Waals surface area (Å²) in [5.41, 5.74) is 10.7. The molecule has 2 aromatic rings. The number of halogens is 1. The third kappa shape index (κ3) is 2.93. The smallest absolute Gasteiger partial charge is 0.125 e. The lowest BCUT2D eigenvalue weighted by molar-refractivity contribution is 0.625. The molecule has 0 saturated carbocycles. The Hall–Kier alpha value is -1.87. The van der Waals surface area contributed by atoms with Crippen LogP contribution in [0.5, 0.6) is 0 Å². The van der Waals surface area contributed by atoms with Crippen LogP contribution < -0.4 is 10.6 Å². The van der Waals surface area contributed by atoms with Gasteiger partial charge in [0.05, 0.1) is 0 Å². The molecule has 0 bridgehead atoms. The molecular formula is C16H19FN2. The van der Waals surface area contributed by atoms with Crippen LogP contribution in [0.1, 0.15) is 16.7 Å². The molecule has 0 amide bonds.